The molecule has 0 spiro atoms. The van der Waals surface area contributed by atoms with Gasteiger partial charge in [-0.15, -0.1) is 0 Å². The summed E-state index contributed by atoms with van der Waals surface area (Å²) in [6.07, 6.45) is 1.02. The lowest BCUT2D eigenvalue weighted by atomic mass is 10.0. The first-order chi connectivity index (χ1) is 10.2. The first-order valence-corrected chi connectivity index (χ1v) is 7.16. The molecule has 2 rings (SSSR count). The predicted molar refractivity (Wildman–Crippen MR) is 87.2 cm³/mol. The number of rotatable bonds is 6. The fourth-order valence-electron chi connectivity index (χ4n) is 2.31. The van der Waals surface area contributed by atoms with Gasteiger partial charge in [0.25, 0.3) is 0 Å². The summed E-state index contributed by atoms with van der Waals surface area (Å²) in [5.41, 5.74) is 3.55. The molecule has 3 nitrogen and oxygen atoms in total. The number of likely N-dealkylation sites (N-methyl/N-ethyl adjacent to an activating group) is 1. The van der Waals surface area contributed by atoms with Crippen LogP contribution < -0.4 is 14.8 Å². The van der Waals surface area contributed by atoms with Crippen LogP contribution in [0.4, 0.5) is 0 Å². The molecule has 3 heteroatoms. The molecule has 0 aromatic heterocycles. The molecule has 0 aliphatic carbocycles. The van der Waals surface area contributed by atoms with Crippen molar-refractivity contribution in [2.75, 3.05) is 21.3 Å². The van der Waals surface area contributed by atoms with Crippen molar-refractivity contribution in [3.63, 3.8) is 0 Å². The zero-order valence-corrected chi connectivity index (χ0v) is 13.1. The number of methoxy groups -OCH3 is 2. The van der Waals surface area contributed by atoms with Crippen molar-refractivity contribution < 1.29 is 9.47 Å². The van der Waals surface area contributed by atoms with Crippen LogP contribution in [0.15, 0.2) is 42.5 Å². The third-order valence-electron chi connectivity index (χ3n) is 3.71. The Morgan fingerprint density at radius 1 is 1.00 bits per heavy atom. The highest BCUT2D eigenvalue weighted by Crippen LogP contribution is 2.33. The molecular formula is C18H23NO2. The van der Waals surface area contributed by atoms with Gasteiger partial charge in [0.2, 0.25) is 0 Å². The molecule has 0 aliphatic heterocycles. The van der Waals surface area contributed by atoms with Gasteiger partial charge in [0.1, 0.15) is 11.5 Å². The average Bonchev–Trinajstić information content (AvgIpc) is 2.54. The van der Waals surface area contributed by atoms with Crippen molar-refractivity contribution in [3.05, 3.63) is 48.0 Å². The van der Waals surface area contributed by atoms with Crippen LogP contribution >= 0.6 is 0 Å². The summed E-state index contributed by atoms with van der Waals surface area (Å²) in [5, 5.41) is 3.26. The molecule has 112 valence electrons. The van der Waals surface area contributed by atoms with Crippen molar-refractivity contribution in [2.45, 2.75) is 19.4 Å². The van der Waals surface area contributed by atoms with Crippen molar-refractivity contribution in [3.8, 4) is 22.6 Å². The molecule has 2 aromatic carbocycles. The van der Waals surface area contributed by atoms with Crippen LogP contribution in [0.3, 0.4) is 0 Å². The largest absolute Gasteiger partial charge is 0.497 e. The standard InChI is InChI=1S/C18H23NO2/c1-13(19-2)11-14-5-7-15(8-6-14)17-10-9-16(20-3)12-18(17)21-4/h5-10,12-13,19H,11H2,1-4H3. The third kappa shape index (κ3) is 3.76. The Morgan fingerprint density at radius 3 is 2.29 bits per heavy atom. The Balaban J connectivity index is 2.26. The van der Waals surface area contributed by atoms with E-state index in [0.29, 0.717) is 6.04 Å². The van der Waals surface area contributed by atoms with Gasteiger partial charge in [0.05, 0.1) is 14.2 Å². The molecule has 1 unspecified atom stereocenters. The second-order valence-corrected chi connectivity index (χ2v) is 5.16. The number of hydrogen-bond donors (Lipinski definition) is 1. The fraction of sp³-hybridized carbons (Fsp3) is 0.333. The van der Waals surface area contributed by atoms with Gasteiger partial charge in [-0.2, -0.15) is 0 Å². The molecule has 0 bridgehead atoms. The van der Waals surface area contributed by atoms with E-state index >= 15 is 0 Å². The van der Waals surface area contributed by atoms with Crippen LogP contribution in [0, 0.1) is 0 Å². The maximum atomic E-state index is 5.46. The van der Waals surface area contributed by atoms with E-state index in [1.807, 2.05) is 25.2 Å². The normalized spacial score (nSPS) is 12.0. The van der Waals surface area contributed by atoms with E-state index in [4.69, 9.17) is 9.47 Å². The number of nitrogens with one attached hydrogen (secondary N) is 1. The van der Waals surface area contributed by atoms with Crippen molar-refractivity contribution in [1.82, 2.24) is 5.32 Å². The molecule has 0 fully saturated rings. The molecule has 2 aromatic rings. The summed E-state index contributed by atoms with van der Waals surface area (Å²) in [5.74, 6) is 1.63. The molecule has 0 heterocycles. The van der Waals surface area contributed by atoms with E-state index in [1.54, 1.807) is 14.2 Å². The van der Waals surface area contributed by atoms with Gasteiger partial charge in [-0.1, -0.05) is 24.3 Å². The molecule has 0 radical (unpaired) electrons. The number of ether oxygens (including phenoxy) is 2. The zero-order chi connectivity index (χ0) is 15.2. The van der Waals surface area contributed by atoms with E-state index in [1.165, 1.54) is 5.56 Å². The summed E-state index contributed by atoms with van der Waals surface area (Å²) in [7, 11) is 5.33. The topological polar surface area (TPSA) is 30.5 Å². The first kappa shape index (κ1) is 15.4. The average molecular weight is 285 g/mol. The van der Waals surface area contributed by atoms with Gasteiger partial charge >= 0.3 is 0 Å². The third-order valence-corrected chi connectivity index (χ3v) is 3.71. The monoisotopic (exact) mass is 285 g/mol. The minimum Gasteiger partial charge on any atom is -0.497 e. The maximum absolute atomic E-state index is 5.46. The Kier molecular flexibility index (Phi) is 5.23. The van der Waals surface area contributed by atoms with Gasteiger partial charge in [0, 0.05) is 17.7 Å². The number of hydrogen-bond acceptors (Lipinski definition) is 3. The van der Waals surface area contributed by atoms with Crippen LogP contribution in [-0.2, 0) is 6.42 Å². The Hall–Kier alpha value is -2.00. The van der Waals surface area contributed by atoms with Gasteiger partial charge in [-0.3, -0.25) is 0 Å². The van der Waals surface area contributed by atoms with Crippen LogP contribution in [0.1, 0.15) is 12.5 Å². The Bertz CT molecular complexity index is 578. The van der Waals surface area contributed by atoms with E-state index in [-0.39, 0.29) is 0 Å². The quantitative estimate of drug-likeness (QED) is 0.881. The minimum atomic E-state index is 0.478. The fourth-order valence-corrected chi connectivity index (χ4v) is 2.31. The lowest BCUT2D eigenvalue weighted by molar-refractivity contribution is 0.395. The molecule has 21 heavy (non-hydrogen) atoms. The molecular weight excluding hydrogens is 262 g/mol. The second-order valence-electron chi connectivity index (χ2n) is 5.16. The zero-order valence-electron chi connectivity index (χ0n) is 13.1. The summed E-state index contributed by atoms with van der Waals surface area (Å²) in [4.78, 5) is 0. The van der Waals surface area contributed by atoms with Crippen molar-refractivity contribution >= 4 is 0 Å². The summed E-state index contributed by atoms with van der Waals surface area (Å²) >= 11 is 0. The molecule has 0 saturated heterocycles. The molecule has 0 aliphatic rings. The highest BCUT2D eigenvalue weighted by atomic mass is 16.5. The predicted octanol–water partition coefficient (Wildman–Crippen LogP) is 3.52. The molecule has 0 saturated carbocycles. The lowest BCUT2D eigenvalue weighted by Crippen LogP contribution is -2.23. The second kappa shape index (κ2) is 7.14. The van der Waals surface area contributed by atoms with Crippen LogP contribution in [0.2, 0.25) is 0 Å². The van der Waals surface area contributed by atoms with Crippen molar-refractivity contribution in [1.29, 1.82) is 0 Å². The minimum absolute atomic E-state index is 0.478. The molecule has 1 N–H and O–H groups in total. The summed E-state index contributed by atoms with van der Waals surface area (Å²) in [6, 6.07) is 15.0. The Morgan fingerprint density at radius 2 is 1.71 bits per heavy atom. The van der Waals surface area contributed by atoms with Crippen LogP contribution in [0.25, 0.3) is 11.1 Å². The highest BCUT2D eigenvalue weighted by molar-refractivity contribution is 5.71. The van der Waals surface area contributed by atoms with Gasteiger partial charge in [-0.05, 0) is 43.7 Å². The van der Waals surface area contributed by atoms with E-state index in [0.717, 1.165) is 29.0 Å². The lowest BCUT2D eigenvalue weighted by Gasteiger charge is -2.12. The van der Waals surface area contributed by atoms with Gasteiger partial charge < -0.3 is 14.8 Å². The van der Waals surface area contributed by atoms with E-state index < -0.39 is 0 Å². The summed E-state index contributed by atoms with van der Waals surface area (Å²) in [6.45, 7) is 2.18. The van der Waals surface area contributed by atoms with E-state index in [9.17, 15) is 0 Å². The van der Waals surface area contributed by atoms with Gasteiger partial charge in [-0.25, -0.2) is 0 Å². The van der Waals surface area contributed by atoms with Crippen LogP contribution in [0.5, 0.6) is 11.5 Å². The molecule has 1 atom stereocenters. The summed E-state index contributed by atoms with van der Waals surface area (Å²) < 4.78 is 10.7. The smallest absolute Gasteiger partial charge is 0.130 e. The SMILES string of the molecule is CNC(C)Cc1ccc(-c2ccc(OC)cc2OC)cc1. The van der Waals surface area contributed by atoms with E-state index in [2.05, 4.69) is 36.5 Å². The van der Waals surface area contributed by atoms with Crippen molar-refractivity contribution in [2.24, 2.45) is 0 Å². The Labute approximate surface area is 126 Å². The van der Waals surface area contributed by atoms with Gasteiger partial charge in [0.15, 0.2) is 0 Å². The molecule has 0 amide bonds. The first-order valence-electron chi connectivity index (χ1n) is 7.16. The maximum Gasteiger partial charge on any atom is 0.130 e. The number of benzene rings is 2. The van der Waals surface area contributed by atoms with Crippen LogP contribution in [-0.4, -0.2) is 27.3 Å². The highest BCUT2D eigenvalue weighted by Gasteiger charge is 2.08.